The number of nitrogens with zero attached hydrogens (tertiary/aromatic N) is 2. The van der Waals surface area contributed by atoms with Crippen LogP contribution in [0.4, 0.5) is 0 Å². The fraction of sp³-hybridized carbons (Fsp3) is 0.257. The Kier molecular flexibility index (Phi) is 7.39. The van der Waals surface area contributed by atoms with Crippen molar-refractivity contribution in [3.63, 3.8) is 0 Å². The molecule has 3 aromatic carbocycles. The molecule has 3 heterocycles. The first kappa shape index (κ1) is 27.8. The second-order valence-electron chi connectivity index (χ2n) is 10.9. The summed E-state index contributed by atoms with van der Waals surface area (Å²) in [5, 5.41) is 3.55. The van der Waals surface area contributed by atoms with E-state index in [2.05, 4.69) is 128 Å². The standard InChI is InChI=1S/C33H33BN2O2.C2H6/c1-7-12-25(13-8-2)36-30-18-16-23(34-37-32(3,4)33(5,6)38-34)22-28(30)26-17-19-29-27(31(26)36)20-21-35(29)24-14-10-9-11-15-24;1-2/h7-22H,1H2,2-6H3;1-2H3/b13-8-,25-12+;. The van der Waals surface area contributed by atoms with Gasteiger partial charge in [0.15, 0.2) is 0 Å². The van der Waals surface area contributed by atoms with Crippen LogP contribution in [0.25, 0.3) is 44.1 Å². The summed E-state index contributed by atoms with van der Waals surface area (Å²) < 4.78 is 17.4. The van der Waals surface area contributed by atoms with Crippen LogP contribution in [0, 0.1) is 0 Å². The van der Waals surface area contributed by atoms with E-state index in [9.17, 15) is 0 Å². The van der Waals surface area contributed by atoms with Gasteiger partial charge in [0.05, 0.1) is 27.8 Å². The van der Waals surface area contributed by atoms with E-state index in [1.165, 1.54) is 21.7 Å². The van der Waals surface area contributed by atoms with Crippen molar-refractivity contribution in [2.45, 2.75) is 59.7 Å². The molecule has 4 nitrogen and oxygen atoms in total. The van der Waals surface area contributed by atoms with Crippen molar-refractivity contribution in [3.05, 3.63) is 104 Å². The highest BCUT2D eigenvalue weighted by Crippen LogP contribution is 2.39. The Morgan fingerprint density at radius 3 is 2.15 bits per heavy atom. The lowest BCUT2D eigenvalue weighted by atomic mass is 9.78. The highest BCUT2D eigenvalue weighted by atomic mass is 16.7. The van der Waals surface area contributed by atoms with Gasteiger partial charge in [0.1, 0.15) is 0 Å². The molecule has 1 saturated heterocycles. The summed E-state index contributed by atoms with van der Waals surface area (Å²) in [5.74, 6) is 0. The smallest absolute Gasteiger partial charge is 0.399 e. The first-order valence-corrected chi connectivity index (χ1v) is 14.2. The van der Waals surface area contributed by atoms with Crippen molar-refractivity contribution in [2.75, 3.05) is 0 Å². The topological polar surface area (TPSA) is 28.3 Å². The van der Waals surface area contributed by atoms with E-state index in [-0.39, 0.29) is 11.2 Å². The van der Waals surface area contributed by atoms with Gasteiger partial charge >= 0.3 is 7.12 Å². The van der Waals surface area contributed by atoms with Crippen LogP contribution >= 0.6 is 0 Å². The van der Waals surface area contributed by atoms with Crippen molar-refractivity contribution in [2.24, 2.45) is 0 Å². The van der Waals surface area contributed by atoms with Crippen LogP contribution < -0.4 is 5.46 Å². The quantitative estimate of drug-likeness (QED) is 0.168. The van der Waals surface area contributed by atoms with Crippen molar-refractivity contribution < 1.29 is 9.31 Å². The lowest BCUT2D eigenvalue weighted by molar-refractivity contribution is 0.00578. The van der Waals surface area contributed by atoms with E-state index in [4.69, 9.17) is 9.31 Å². The number of aromatic nitrogens is 2. The molecule has 2 aromatic heterocycles. The molecule has 0 radical (unpaired) electrons. The molecular formula is C35H39BN2O2. The monoisotopic (exact) mass is 530 g/mol. The van der Waals surface area contributed by atoms with Gasteiger partial charge in [0.25, 0.3) is 0 Å². The molecule has 0 N–H and O–H groups in total. The molecule has 1 fully saturated rings. The third-order valence-corrected chi connectivity index (χ3v) is 8.06. The minimum Gasteiger partial charge on any atom is -0.399 e. The van der Waals surface area contributed by atoms with Gasteiger partial charge < -0.3 is 18.4 Å². The molecule has 1 aliphatic heterocycles. The highest BCUT2D eigenvalue weighted by Gasteiger charge is 2.51. The van der Waals surface area contributed by atoms with Gasteiger partial charge in [-0.05, 0) is 82.6 Å². The summed E-state index contributed by atoms with van der Waals surface area (Å²) in [6.07, 6.45) is 10.3. The van der Waals surface area contributed by atoms with E-state index in [1.807, 2.05) is 32.9 Å². The van der Waals surface area contributed by atoms with Crippen LogP contribution in [0.1, 0.15) is 48.5 Å². The zero-order valence-electron chi connectivity index (χ0n) is 24.7. The number of hydrogen-bond acceptors (Lipinski definition) is 2. The van der Waals surface area contributed by atoms with Crippen molar-refractivity contribution in [1.29, 1.82) is 0 Å². The zero-order chi connectivity index (χ0) is 28.7. The molecule has 5 aromatic rings. The number of fused-ring (bicyclic) bond motifs is 5. The summed E-state index contributed by atoms with van der Waals surface area (Å²) in [5.41, 5.74) is 5.91. The predicted molar refractivity (Wildman–Crippen MR) is 173 cm³/mol. The van der Waals surface area contributed by atoms with Crippen LogP contribution in [0.3, 0.4) is 0 Å². The molecule has 40 heavy (non-hydrogen) atoms. The van der Waals surface area contributed by atoms with Crippen LogP contribution in [-0.4, -0.2) is 27.5 Å². The Hall–Kier alpha value is -3.80. The largest absolute Gasteiger partial charge is 0.494 e. The minimum atomic E-state index is -0.413. The molecule has 0 saturated carbocycles. The molecule has 5 heteroatoms. The molecule has 1 aliphatic rings. The molecule has 0 amide bonds. The van der Waals surface area contributed by atoms with E-state index >= 15 is 0 Å². The van der Waals surface area contributed by atoms with Crippen molar-refractivity contribution >= 4 is 51.0 Å². The van der Waals surface area contributed by atoms with Gasteiger partial charge in [-0.25, -0.2) is 0 Å². The summed E-state index contributed by atoms with van der Waals surface area (Å²) in [6, 6.07) is 23.7. The minimum absolute atomic E-state index is 0.390. The Balaban J connectivity index is 0.00000158. The van der Waals surface area contributed by atoms with Crippen molar-refractivity contribution in [1.82, 2.24) is 9.13 Å². The van der Waals surface area contributed by atoms with Gasteiger partial charge in [0, 0.05) is 33.7 Å². The summed E-state index contributed by atoms with van der Waals surface area (Å²) in [4.78, 5) is 0. The first-order valence-electron chi connectivity index (χ1n) is 14.2. The Morgan fingerprint density at radius 1 is 0.825 bits per heavy atom. The summed E-state index contributed by atoms with van der Waals surface area (Å²) in [6.45, 7) is 18.4. The normalized spacial score (nSPS) is 16.7. The third-order valence-electron chi connectivity index (χ3n) is 8.06. The van der Waals surface area contributed by atoms with E-state index in [0.717, 1.165) is 27.9 Å². The maximum absolute atomic E-state index is 6.40. The van der Waals surface area contributed by atoms with Gasteiger partial charge in [-0.1, -0.05) is 69.0 Å². The van der Waals surface area contributed by atoms with Crippen LogP contribution in [-0.2, 0) is 9.31 Å². The fourth-order valence-corrected chi connectivity index (χ4v) is 5.45. The number of rotatable bonds is 5. The average Bonchev–Trinajstić information content (AvgIpc) is 3.59. The lowest BCUT2D eigenvalue weighted by Gasteiger charge is -2.32. The van der Waals surface area contributed by atoms with Crippen LogP contribution in [0.15, 0.2) is 104 Å². The maximum Gasteiger partial charge on any atom is 0.494 e. The van der Waals surface area contributed by atoms with Gasteiger partial charge in [-0.15, -0.1) is 0 Å². The zero-order valence-corrected chi connectivity index (χ0v) is 24.7. The second kappa shape index (κ2) is 10.6. The predicted octanol–water partition coefficient (Wildman–Crippen LogP) is 8.67. The average molecular weight is 531 g/mol. The molecule has 0 atom stereocenters. The van der Waals surface area contributed by atoms with Crippen LogP contribution in [0.5, 0.6) is 0 Å². The first-order chi connectivity index (χ1) is 19.3. The van der Waals surface area contributed by atoms with Gasteiger partial charge in [-0.3, -0.25) is 0 Å². The Morgan fingerprint density at radius 2 is 1.50 bits per heavy atom. The molecule has 204 valence electrons. The van der Waals surface area contributed by atoms with E-state index in [1.54, 1.807) is 0 Å². The number of allylic oxidation sites excluding steroid dienone is 5. The Labute approximate surface area is 238 Å². The number of hydrogen-bond donors (Lipinski definition) is 0. The Bertz CT molecular complexity index is 1740. The molecule has 0 aliphatic carbocycles. The van der Waals surface area contributed by atoms with E-state index < -0.39 is 7.12 Å². The summed E-state index contributed by atoms with van der Waals surface area (Å²) in [7, 11) is -0.413. The molecule has 6 rings (SSSR count). The summed E-state index contributed by atoms with van der Waals surface area (Å²) >= 11 is 0. The number of benzene rings is 3. The lowest BCUT2D eigenvalue weighted by Crippen LogP contribution is -2.41. The van der Waals surface area contributed by atoms with Gasteiger partial charge in [0.2, 0.25) is 0 Å². The second-order valence-corrected chi connectivity index (χ2v) is 10.9. The molecule has 0 unspecified atom stereocenters. The number of para-hydroxylation sites is 1. The molecule has 0 spiro atoms. The molecule has 0 bridgehead atoms. The fourth-order valence-electron chi connectivity index (χ4n) is 5.45. The van der Waals surface area contributed by atoms with E-state index in [0.29, 0.717) is 0 Å². The van der Waals surface area contributed by atoms with Gasteiger partial charge in [-0.2, -0.15) is 0 Å². The third kappa shape index (κ3) is 4.44. The maximum atomic E-state index is 6.40. The van der Waals surface area contributed by atoms with Crippen LogP contribution in [0.2, 0.25) is 0 Å². The SMILES string of the molecule is C=C/C=C(\C=C/C)n1c2ccc(B3OC(C)(C)C(C)(C)O3)cc2c2ccc3c(ccn3-c3ccccc3)c21.CC. The highest BCUT2D eigenvalue weighted by molar-refractivity contribution is 6.62. The molecular weight excluding hydrogens is 491 g/mol. The van der Waals surface area contributed by atoms with Crippen molar-refractivity contribution in [3.8, 4) is 5.69 Å².